The molecule has 1 heterocycles. The predicted octanol–water partition coefficient (Wildman–Crippen LogP) is 1.93. The van der Waals surface area contributed by atoms with Gasteiger partial charge in [-0.2, -0.15) is 4.31 Å². The summed E-state index contributed by atoms with van der Waals surface area (Å²) in [6.07, 6.45) is 0.795. The Morgan fingerprint density at radius 1 is 1.53 bits per heavy atom. The summed E-state index contributed by atoms with van der Waals surface area (Å²) in [7, 11) is -1.74. The fourth-order valence-corrected chi connectivity index (χ4v) is 4.54. The van der Waals surface area contributed by atoms with Crippen molar-refractivity contribution in [3.05, 3.63) is 16.5 Å². The molecule has 2 N–H and O–H groups in total. The van der Waals surface area contributed by atoms with Crippen molar-refractivity contribution in [1.82, 2.24) is 4.31 Å². The van der Waals surface area contributed by atoms with E-state index < -0.39 is 10.0 Å². The monoisotopic (exact) mass is 276 g/mol. The molecule has 0 aliphatic heterocycles. The molecule has 1 aromatic rings. The molecule has 0 aliphatic carbocycles. The molecule has 0 radical (unpaired) electrons. The number of aryl methyl sites for hydroxylation is 1. The molecule has 0 aromatic carbocycles. The molecule has 1 atom stereocenters. The lowest BCUT2D eigenvalue weighted by Gasteiger charge is -2.22. The lowest BCUT2D eigenvalue weighted by atomic mass is 10.3. The minimum atomic E-state index is -3.37. The molecule has 98 valence electrons. The predicted molar refractivity (Wildman–Crippen MR) is 71.6 cm³/mol. The highest BCUT2D eigenvalue weighted by Crippen LogP contribution is 2.28. The van der Waals surface area contributed by atoms with Crippen LogP contribution in [0.25, 0.3) is 0 Å². The number of hydrogen-bond donors (Lipinski definition) is 1. The van der Waals surface area contributed by atoms with E-state index in [1.165, 1.54) is 15.6 Å². The van der Waals surface area contributed by atoms with Gasteiger partial charge in [0.05, 0.1) is 0 Å². The van der Waals surface area contributed by atoms with E-state index in [0.717, 1.165) is 16.9 Å². The third kappa shape index (κ3) is 2.88. The van der Waals surface area contributed by atoms with E-state index in [4.69, 9.17) is 5.73 Å². The van der Waals surface area contributed by atoms with Crippen LogP contribution in [0.5, 0.6) is 0 Å². The van der Waals surface area contributed by atoms with Gasteiger partial charge in [0.2, 0.25) is 0 Å². The first-order valence-corrected chi connectivity index (χ1v) is 7.87. The van der Waals surface area contributed by atoms with Crippen molar-refractivity contribution in [2.45, 2.75) is 44.0 Å². The Hall–Kier alpha value is -0.430. The lowest BCUT2D eigenvalue weighted by Crippen LogP contribution is -2.34. The first kappa shape index (κ1) is 14.6. The number of thiophene rings is 1. The smallest absolute Gasteiger partial charge is 0.252 e. The van der Waals surface area contributed by atoms with Crippen molar-refractivity contribution in [3.63, 3.8) is 0 Å². The maximum absolute atomic E-state index is 12.3. The van der Waals surface area contributed by atoms with Crippen LogP contribution >= 0.6 is 11.3 Å². The van der Waals surface area contributed by atoms with Gasteiger partial charge < -0.3 is 5.73 Å². The Morgan fingerprint density at radius 2 is 2.12 bits per heavy atom. The zero-order valence-electron chi connectivity index (χ0n) is 10.7. The summed E-state index contributed by atoms with van der Waals surface area (Å²) in [6.45, 7) is 6.16. The number of nitrogens with two attached hydrogens (primary N) is 1. The summed E-state index contributed by atoms with van der Waals surface area (Å²) < 4.78 is 26.4. The standard InChI is InChI=1S/C11H20N2O2S2/c1-5-9(3)13(4)17(14,15)11-6-8(2)10(7-12)16-11/h6,9H,5,7,12H2,1-4H3. The van der Waals surface area contributed by atoms with Crippen molar-refractivity contribution < 1.29 is 8.42 Å². The van der Waals surface area contributed by atoms with E-state index in [-0.39, 0.29) is 6.04 Å². The Balaban J connectivity index is 3.13. The van der Waals surface area contributed by atoms with Crippen LogP contribution in [0.3, 0.4) is 0 Å². The van der Waals surface area contributed by atoms with Crippen molar-refractivity contribution in [2.75, 3.05) is 7.05 Å². The SMILES string of the molecule is CCC(C)N(C)S(=O)(=O)c1cc(C)c(CN)s1. The molecule has 0 saturated carbocycles. The van der Waals surface area contributed by atoms with Crippen LogP contribution in [0.4, 0.5) is 0 Å². The largest absolute Gasteiger partial charge is 0.326 e. The summed E-state index contributed by atoms with van der Waals surface area (Å²) in [5.74, 6) is 0. The molecule has 0 amide bonds. The quantitative estimate of drug-likeness (QED) is 0.894. The Labute approximate surface area is 107 Å². The van der Waals surface area contributed by atoms with Gasteiger partial charge in [0.1, 0.15) is 4.21 Å². The molecule has 6 heteroatoms. The van der Waals surface area contributed by atoms with Gasteiger partial charge >= 0.3 is 0 Å². The molecule has 0 spiro atoms. The Kier molecular flexibility index (Phi) is 4.71. The number of rotatable bonds is 5. The Bertz CT molecular complexity index is 480. The van der Waals surface area contributed by atoms with Crippen LogP contribution in [-0.2, 0) is 16.6 Å². The lowest BCUT2D eigenvalue weighted by molar-refractivity contribution is 0.381. The summed E-state index contributed by atoms with van der Waals surface area (Å²) >= 11 is 1.27. The minimum absolute atomic E-state index is 0.00346. The van der Waals surface area contributed by atoms with Gasteiger partial charge in [-0.25, -0.2) is 8.42 Å². The molecular weight excluding hydrogens is 256 g/mol. The van der Waals surface area contributed by atoms with Crippen molar-refractivity contribution in [1.29, 1.82) is 0 Å². The molecule has 1 aromatic heterocycles. The van der Waals surface area contributed by atoms with E-state index in [0.29, 0.717) is 10.8 Å². The fourth-order valence-electron chi connectivity index (χ4n) is 1.45. The molecule has 0 bridgehead atoms. The third-order valence-electron chi connectivity index (χ3n) is 3.03. The molecule has 0 fully saturated rings. The fraction of sp³-hybridized carbons (Fsp3) is 0.636. The van der Waals surface area contributed by atoms with Gasteiger partial charge in [0, 0.05) is 24.5 Å². The zero-order valence-corrected chi connectivity index (χ0v) is 12.4. The van der Waals surface area contributed by atoms with Gasteiger partial charge in [-0.1, -0.05) is 6.92 Å². The third-order valence-corrected chi connectivity index (χ3v) is 6.71. The van der Waals surface area contributed by atoms with E-state index in [9.17, 15) is 8.42 Å². The Morgan fingerprint density at radius 3 is 2.53 bits per heavy atom. The molecule has 17 heavy (non-hydrogen) atoms. The average molecular weight is 276 g/mol. The van der Waals surface area contributed by atoms with Gasteiger partial charge in [-0.05, 0) is 31.9 Å². The summed E-state index contributed by atoms with van der Waals surface area (Å²) in [5.41, 5.74) is 6.52. The summed E-state index contributed by atoms with van der Waals surface area (Å²) in [6, 6.07) is 1.71. The van der Waals surface area contributed by atoms with Crippen LogP contribution in [0.1, 0.15) is 30.7 Å². The van der Waals surface area contributed by atoms with Crippen LogP contribution in [-0.4, -0.2) is 25.8 Å². The van der Waals surface area contributed by atoms with Crippen LogP contribution in [0.2, 0.25) is 0 Å². The number of hydrogen-bond acceptors (Lipinski definition) is 4. The van der Waals surface area contributed by atoms with Crippen LogP contribution < -0.4 is 5.73 Å². The highest BCUT2D eigenvalue weighted by atomic mass is 32.2. The van der Waals surface area contributed by atoms with Gasteiger partial charge in [-0.3, -0.25) is 0 Å². The molecule has 0 aliphatic rings. The van der Waals surface area contributed by atoms with E-state index in [1.54, 1.807) is 13.1 Å². The minimum Gasteiger partial charge on any atom is -0.326 e. The highest BCUT2D eigenvalue weighted by molar-refractivity contribution is 7.91. The first-order valence-electron chi connectivity index (χ1n) is 5.62. The van der Waals surface area contributed by atoms with Crippen LogP contribution in [0.15, 0.2) is 10.3 Å². The molecule has 1 rings (SSSR count). The summed E-state index contributed by atoms with van der Waals surface area (Å²) in [5, 5.41) is 0. The van der Waals surface area contributed by atoms with Gasteiger partial charge in [0.15, 0.2) is 0 Å². The first-order chi connectivity index (χ1) is 7.84. The van der Waals surface area contributed by atoms with Crippen LogP contribution in [0, 0.1) is 6.92 Å². The maximum atomic E-state index is 12.3. The molecule has 4 nitrogen and oxygen atoms in total. The second-order valence-electron chi connectivity index (χ2n) is 4.15. The molecular formula is C11H20N2O2S2. The normalized spacial score (nSPS) is 14.2. The molecule has 1 unspecified atom stereocenters. The maximum Gasteiger partial charge on any atom is 0.252 e. The van der Waals surface area contributed by atoms with Crippen molar-refractivity contribution in [3.8, 4) is 0 Å². The van der Waals surface area contributed by atoms with E-state index in [2.05, 4.69) is 0 Å². The van der Waals surface area contributed by atoms with E-state index >= 15 is 0 Å². The van der Waals surface area contributed by atoms with Gasteiger partial charge in [0.25, 0.3) is 10.0 Å². The van der Waals surface area contributed by atoms with Gasteiger partial charge in [-0.15, -0.1) is 11.3 Å². The second-order valence-corrected chi connectivity index (χ2v) is 7.52. The van der Waals surface area contributed by atoms with Crippen molar-refractivity contribution >= 4 is 21.4 Å². The number of nitrogens with zero attached hydrogens (tertiary/aromatic N) is 1. The topological polar surface area (TPSA) is 63.4 Å². The highest BCUT2D eigenvalue weighted by Gasteiger charge is 2.26. The molecule has 0 saturated heterocycles. The summed E-state index contributed by atoms with van der Waals surface area (Å²) in [4.78, 5) is 0.932. The second kappa shape index (κ2) is 5.48. The zero-order chi connectivity index (χ0) is 13.2. The average Bonchev–Trinajstić information content (AvgIpc) is 2.69. The van der Waals surface area contributed by atoms with Crippen molar-refractivity contribution in [2.24, 2.45) is 5.73 Å². The number of sulfonamides is 1. The van der Waals surface area contributed by atoms with E-state index in [1.807, 2.05) is 20.8 Å².